The maximum absolute atomic E-state index is 11.6. The zero-order valence-electron chi connectivity index (χ0n) is 10.5. The SMILES string of the molecule is CCC(C)CC(C(=O)OC)C(CC)C(=O)O. The number of rotatable bonds is 7. The second-order valence-corrected chi connectivity index (χ2v) is 4.23. The highest BCUT2D eigenvalue weighted by Crippen LogP contribution is 2.26. The molecular weight excluding hydrogens is 208 g/mol. The summed E-state index contributed by atoms with van der Waals surface area (Å²) in [6, 6.07) is 0. The van der Waals surface area contributed by atoms with Crippen molar-refractivity contribution in [3.8, 4) is 0 Å². The first kappa shape index (κ1) is 14.9. The highest BCUT2D eigenvalue weighted by molar-refractivity contribution is 5.81. The maximum atomic E-state index is 11.6. The van der Waals surface area contributed by atoms with E-state index in [2.05, 4.69) is 4.74 Å². The van der Waals surface area contributed by atoms with Crippen LogP contribution in [0, 0.1) is 17.8 Å². The van der Waals surface area contributed by atoms with Crippen molar-refractivity contribution >= 4 is 11.9 Å². The first-order valence-electron chi connectivity index (χ1n) is 5.78. The molecule has 0 saturated heterocycles. The van der Waals surface area contributed by atoms with Gasteiger partial charge in [-0.15, -0.1) is 0 Å². The minimum absolute atomic E-state index is 0.331. The van der Waals surface area contributed by atoms with Crippen LogP contribution in [-0.4, -0.2) is 24.2 Å². The largest absolute Gasteiger partial charge is 0.481 e. The van der Waals surface area contributed by atoms with E-state index < -0.39 is 23.8 Å². The highest BCUT2D eigenvalue weighted by atomic mass is 16.5. The average molecular weight is 230 g/mol. The summed E-state index contributed by atoms with van der Waals surface area (Å²) in [6.45, 7) is 5.83. The van der Waals surface area contributed by atoms with E-state index in [-0.39, 0.29) is 0 Å². The molecule has 3 unspecified atom stereocenters. The Kier molecular flexibility index (Phi) is 6.77. The van der Waals surface area contributed by atoms with Gasteiger partial charge in [0.2, 0.25) is 0 Å². The molecule has 4 nitrogen and oxygen atoms in total. The van der Waals surface area contributed by atoms with Crippen LogP contribution in [0.4, 0.5) is 0 Å². The number of carboxylic acid groups (broad SMARTS) is 1. The monoisotopic (exact) mass is 230 g/mol. The van der Waals surface area contributed by atoms with E-state index in [1.165, 1.54) is 7.11 Å². The molecule has 0 amide bonds. The molecule has 1 N–H and O–H groups in total. The Morgan fingerprint density at radius 3 is 2.06 bits per heavy atom. The quantitative estimate of drug-likeness (QED) is 0.682. The Labute approximate surface area is 97.0 Å². The number of methoxy groups -OCH3 is 1. The molecule has 4 heteroatoms. The summed E-state index contributed by atoms with van der Waals surface area (Å²) < 4.78 is 4.69. The van der Waals surface area contributed by atoms with Gasteiger partial charge in [0.1, 0.15) is 0 Å². The van der Waals surface area contributed by atoms with Gasteiger partial charge in [0.25, 0.3) is 0 Å². The first-order chi connectivity index (χ1) is 7.47. The lowest BCUT2D eigenvalue weighted by Gasteiger charge is -2.23. The summed E-state index contributed by atoms with van der Waals surface area (Å²) in [6.07, 6.45) is 1.96. The van der Waals surface area contributed by atoms with Crippen molar-refractivity contribution in [2.24, 2.45) is 17.8 Å². The van der Waals surface area contributed by atoms with Crippen LogP contribution in [-0.2, 0) is 14.3 Å². The van der Waals surface area contributed by atoms with E-state index in [1.54, 1.807) is 6.92 Å². The number of hydrogen-bond donors (Lipinski definition) is 1. The van der Waals surface area contributed by atoms with Gasteiger partial charge in [-0.25, -0.2) is 0 Å². The molecule has 16 heavy (non-hydrogen) atoms. The topological polar surface area (TPSA) is 63.6 Å². The third-order valence-corrected chi connectivity index (χ3v) is 3.10. The predicted octanol–water partition coefficient (Wildman–Crippen LogP) is 2.32. The number of carboxylic acids is 1. The maximum Gasteiger partial charge on any atom is 0.309 e. The lowest BCUT2D eigenvalue weighted by molar-refractivity contribution is -0.156. The number of ether oxygens (including phenoxy) is 1. The molecule has 0 aliphatic heterocycles. The Morgan fingerprint density at radius 1 is 1.19 bits per heavy atom. The van der Waals surface area contributed by atoms with Crippen molar-refractivity contribution < 1.29 is 19.4 Å². The molecule has 0 aliphatic rings. The molecule has 3 atom stereocenters. The van der Waals surface area contributed by atoms with Crippen molar-refractivity contribution in [3.05, 3.63) is 0 Å². The number of carbonyl (C=O) groups is 2. The van der Waals surface area contributed by atoms with Crippen LogP contribution >= 0.6 is 0 Å². The summed E-state index contributed by atoms with van der Waals surface area (Å²) in [5, 5.41) is 9.07. The molecule has 0 radical (unpaired) electrons. The fraction of sp³-hybridized carbons (Fsp3) is 0.833. The molecule has 94 valence electrons. The zero-order chi connectivity index (χ0) is 12.7. The molecule has 0 saturated carbocycles. The molecule has 0 spiro atoms. The number of aliphatic carboxylic acids is 1. The number of hydrogen-bond acceptors (Lipinski definition) is 3. The molecular formula is C12H22O4. The lowest BCUT2D eigenvalue weighted by Crippen LogP contribution is -2.31. The van der Waals surface area contributed by atoms with Crippen LogP contribution in [0.25, 0.3) is 0 Å². The average Bonchev–Trinajstić information content (AvgIpc) is 2.26. The van der Waals surface area contributed by atoms with E-state index in [4.69, 9.17) is 5.11 Å². The molecule has 0 aromatic rings. The molecule has 0 aromatic heterocycles. The van der Waals surface area contributed by atoms with Gasteiger partial charge in [-0.2, -0.15) is 0 Å². The fourth-order valence-electron chi connectivity index (χ4n) is 1.81. The van der Waals surface area contributed by atoms with Crippen LogP contribution in [0.2, 0.25) is 0 Å². The van der Waals surface area contributed by atoms with Crippen LogP contribution in [0.1, 0.15) is 40.0 Å². The van der Waals surface area contributed by atoms with E-state index in [9.17, 15) is 9.59 Å². The van der Waals surface area contributed by atoms with Gasteiger partial charge in [0.05, 0.1) is 18.9 Å². The van der Waals surface area contributed by atoms with Gasteiger partial charge in [-0.3, -0.25) is 9.59 Å². The molecule has 0 aromatic carbocycles. The number of esters is 1. The van der Waals surface area contributed by atoms with Crippen LogP contribution in [0.3, 0.4) is 0 Å². The van der Waals surface area contributed by atoms with E-state index in [0.717, 1.165) is 6.42 Å². The lowest BCUT2D eigenvalue weighted by atomic mass is 9.82. The predicted molar refractivity (Wildman–Crippen MR) is 61.0 cm³/mol. The molecule has 0 fully saturated rings. The summed E-state index contributed by atoms with van der Waals surface area (Å²) in [5.41, 5.74) is 0. The molecule has 0 bridgehead atoms. The summed E-state index contributed by atoms with van der Waals surface area (Å²) in [5.74, 6) is -2.16. The number of carbonyl (C=O) groups excluding carboxylic acids is 1. The van der Waals surface area contributed by atoms with Crippen molar-refractivity contribution in [2.45, 2.75) is 40.0 Å². The van der Waals surface area contributed by atoms with Gasteiger partial charge in [0, 0.05) is 0 Å². The zero-order valence-corrected chi connectivity index (χ0v) is 10.5. The van der Waals surface area contributed by atoms with E-state index in [1.807, 2.05) is 13.8 Å². The van der Waals surface area contributed by atoms with Crippen molar-refractivity contribution in [1.82, 2.24) is 0 Å². The summed E-state index contributed by atoms with van der Waals surface area (Å²) >= 11 is 0. The Bertz CT molecular complexity index is 237. The smallest absolute Gasteiger partial charge is 0.309 e. The molecule has 0 aliphatic carbocycles. The van der Waals surface area contributed by atoms with Crippen molar-refractivity contribution in [3.63, 3.8) is 0 Å². The van der Waals surface area contributed by atoms with Gasteiger partial charge in [-0.05, 0) is 18.8 Å². The van der Waals surface area contributed by atoms with E-state index >= 15 is 0 Å². The molecule has 0 heterocycles. The Balaban J connectivity index is 4.76. The first-order valence-corrected chi connectivity index (χ1v) is 5.78. The van der Waals surface area contributed by atoms with E-state index in [0.29, 0.717) is 18.8 Å². The minimum Gasteiger partial charge on any atom is -0.481 e. The van der Waals surface area contributed by atoms with Crippen LogP contribution in [0.5, 0.6) is 0 Å². The van der Waals surface area contributed by atoms with Gasteiger partial charge < -0.3 is 9.84 Å². The molecule has 0 rings (SSSR count). The highest BCUT2D eigenvalue weighted by Gasteiger charge is 2.33. The minimum atomic E-state index is -0.916. The third kappa shape index (κ3) is 4.21. The Hall–Kier alpha value is -1.06. The van der Waals surface area contributed by atoms with Crippen LogP contribution in [0.15, 0.2) is 0 Å². The second-order valence-electron chi connectivity index (χ2n) is 4.23. The second kappa shape index (κ2) is 7.25. The fourth-order valence-corrected chi connectivity index (χ4v) is 1.81. The van der Waals surface area contributed by atoms with Crippen molar-refractivity contribution in [2.75, 3.05) is 7.11 Å². The summed E-state index contributed by atoms with van der Waals surface area (Å²) in [4.78, 5) is 22.6. The standard InChI is InChI=1S/C12H22O4/c1-5-8(3)7-10(12(15)16-4)9(6-2)11(13)14/h8-10H,5-7H2,1-4H3,(H,13,14). The Morgan fingerprint density at radius 2 is 1.75 bits per heavy atom. The van der Waals surface area contributed by atoms with Crippen molar-refractivity contribution in [1.29, 1.82) is 0 Å². The normalized spacial score (nSPS) is 16.2. The van der Waals surface area contributed by atoms with Crippen LogP contribution < -0.4 is 0 Å². The van der Waals surface area contributed by atoms with Gasteiger partial charge in [-0.1, -0.05) is 27.2 Å². The van der Waals surface area contributed by atoms with Gasteiger partial charge in [0.15, 0.2) is 0 Å². The van der Waals surface area contributed by atoms with Gasteiger partial charge >= 0.3 is 11.9 Å². The third-order valence-electron chi connectivity index (χ3n) is 3.10. The summed E-state index contributed by atoms with van der Waals surface area (Å²) in [7, 11) is 1.31.